The highest BCUT2D eigenvalue weighted by Crippen LogP contribution is 2.27. The Kier molecular flexibility index (Phi) is 3.27. The summed E-state index contributed by atoms with van der Waals surface area (Å²) in [5.74, 6) is -0.329. The van der Waals surface area contributed by atoms with Crippen molar-refractivity contribution >= 4 is 27.9 Å². The number of carbonyl (C=O) groups is 1. The van der Waals surface area contributed by atoms with Crippen molar-refractivity contribution in [1.82, 2.24) is 9.97 Å². The van der Waals surface area contributed by atoms with Crippen LogP contribution in [-0.2, 0) is 11.3 Å². The Balaban J connectivity index is 1.72. The second kappa shape index (κ2) is 5.57. The minimum Gasteiger partial charge on any atom is -0.457 e. The number of aromatic nitrogens is 2. The Morgan fingerprint density at radius 2 is 1.87 bits per heavy atom. The Morgan fingerprint density at radius 1 is 1.00 bits per heavy atom. The summed E-state index contributed by atoms with van der Waals surface area (Å²) in [7, 11) is 0. The summed E-state index contributed by atoms with van der Waals surface area (Å²) in [5.41, 5.74) is 3.17. The molecule has 4 heteroatoms. The van der Waals surface area contributed by atoms with E-state index in [-0.39, 0.29) is 12.6 Å². The monoisotopic (exact) mass is 302 g/mol. The Morgan fingerprint density at radius 3 is 2.74 bits per heavy atom. The van der Waals surface area contributed by atoms with Crippen LogP contribution in [0.2, 0.25) is 0 Å². The number of aromatic amines is 1. The average Bonchev–Trinajstić information content (AvgIpc) is 2.99. The fraction of sp³-hybridized carbons (Fsp3) is 0.0526. The van der Waals surface area contributed by atoms with Gasteiger partial charge in [0.25, 0.3) is 0 Å². The molecule has 0 aliphatic rings. The average molecular weight is 302 g/mol. The third-order valence-corrected chi connectivity index (χ3v) is 3.83. The van der Waals surface area contributed by atoms with Crippen LogP contribution in [0.25, 0.3) is 21.9 Å². The second-order valence-corrected chi connectivity index (χ2v) is 5.31. The molecule has 0 atom stereocenters. The zero-order chi connectivity index (χ0) is 15.6. The van der Waals surface area contributed by atoms with Crippen molar-refractivity contribution in [2.75, 3.05) is 0 Å². The molecule has 2 aromatic carbocycles. The smallest absolute Gasteiger partial charge is 0.339 e. The maximum atomic E-state index is 12.5. The molecule has 0 aliphatic heterocycles. The number of benzene rings is 2. The summed E-state index contributed by atoms with van der Waals surface area (Å²) in [5, 5.41) is 1.78. The normalized spacial score (nSPS) is 11.0. The molecule has 0 fully saturated rings. The van der Waals surface area contributed by atoms with E-state index in [1.807, 2.05) is 54.6 Å². The summed E-state index contributed by atoms with van der Waals surface area (Å²) in [6, 6.07) is 19.0. The van der Waals surface area contributed by atoms with Gasteiger partial charge in [-0.25, -0.2) is 9.78 Å². The van der Waals surface area contributed by atoms with Gasteiger partial charge in [0.2, 0.25) is 0 Å². The number of hydrogen-bond acceptors (Lipinski definition) is 3. The van der Waals surface area contributed by atoms with E-state index in [4.69, 9.17) is 4.74 Å². The summed E-state index contributed by atoms with van der Waals surface area (Å²) >= 11 is 0. The zero-order valence-corrected chi connectivity index (χ0v) is 12.3. The summed E-state index contributed by atoms with van der Waals surface area (Å²) < 4.78 is 5.47. The van der Waals surface area contributed by atoms with E-state index in [2.05, 4.69) is 9.97 Å². The molecule has 2 heterocycles. The van der Waals surface area contributed by atoms with Crippen molar-refractivity contribution in [3.8, 4) is 0 Å². The number of carbonyl (C=O) groups excluding carboxylic acids is 1. The molecule has 0 saturated carbocycles. The molecule has 1 N–H and O–H groups in total. The second-order valence-electron chi connectivity index (χ2n) is 5.31. The number of fused-ring (bicyclic) bond motifs is 3. The van der Waals surface area contributed by atoms with Crippen LogP contribution in [0.3, 0.4) is 0 Å². The van der Waals surface area contributed by atoms with Crippen LogP contribution in [0.5, 0.6) is 0 Å². The zero-order valence-electron chi connectivity index (χ0n) is 12.3. The molecule has 0 spiro atoms. The third-order valence-electron chi connectivity index (χ3n) is 3.83. The highest BCUT2D eigenvalue weighted by Gasteiger charge is 2.15. The maximum Gasteiger partial charge on any atom is 0.339 e. The van der Waals surface area contributed by atoms with Crippen LogP contribution in [0, 0.1) is 0 Å². The third kappa shape index (κ3) is 2.44. The highest BCUT2D eigenvalue weighted by atomic mass is 16.5. The van der Waals surface area contributed by atoms with Gasteiger partial charge in [0.1, 0.15) is 12.3 Å². The lowest BCUT2D eigenvalue weighted by Crippen LogP contribution is -2.05. The number of esters is 1. The lowest BCUT2D eigenvalue weighted by Gasteiger charge is -2.06. The largest absolute Gasteiger partial charge is 0.457 e. The quantitative estimate of drug-likeness (QED) is 0.580. The number of ether oxygens (including phenoxy) is 1. The van der Waals surface area contributed by atoms with Gasteiger partial charge in [0.15, 0.2) is 0 Å². The summed E-state index contributed by atoms with van der Waals surface area (Å²) in [4.78, 5) is 20.1. The van der Waals surface area contributed by atoms with Gasteiger partial charge in [0.05, 0.1) is 5.56 Å². The molecule has 4 aromatic rings. The van der Waals surface area contributed by atoms with Gasteiger partial charge < -0.3 is 9.72 Å². The Bertz CT molecular complexity index is 990. The molecule has 0 radical (unpaired) electrons. The first-order valence-electron chi connectivity index (χ1n) is 7.39. The predicted octanol–water partition coefficient (Wildman–Crippen LogP) is 4.07. The minimum absolute atomic E-state index is 0.261. The van der Waals surface area contributed by atoms with E-state index >= 15 is 0 Å². The Hall–Kier alpha value is -3.14. The molecule has 4 rings (SSSR count). The van der Waals surface area contributed by atoms with Crippen LogP contribution in [0.15, 0.2) is 66.9 Å². The first-order valence-corrected chi connectivity index (χ1v) is 7.39. The number of rotatable bonds is 3. The topological polar surface area (TPSA) is 55.0 Å². The van der Waals surface area contributed by atoms with Gasteiger partial charge in [-0.15, -0.1) is 0 Å². The first kappa shape index (κ1) is 13.5. The molecule has 112 valence electrons. The molecule has 0 unspecified atom stereocenters. The van der Waals surface area contributed by atoms with Gasteiger partial charge in [-0.05, 0) is 29.8 Å². The van der Waals surface area contributed by atoms with Gasteiger partial charge in [-0.2, -0.15) is 0 Å². The van der Waals surface area contributed by atoms with E-state index in [9.17, 15) is 4.79 Å². The number of nitrogens with one attached hydrogen (secondary N) is 1. The van der Waals surface area contributed by atoms with Crippen LogP contribution >= 0.6 is 0 Å². The van der Waals surface area contributed by atoms with Crippen molar-refractivity contribution in [1.29, 1.82) is 0 Å². The number of nitrogens with zero attached hydrogens (tertiary/aromatic N) is 1. The van der Waals surface area contributed by atoms with Crippen molar-refractivity contribution in [3.05, 3.63) is 78.0 Å². The number of H-pyrrole nitrogens is 1. The fourth-order valence-corrected chi connectivity index (χ4v) is 2.75. The van der Waals surface area contributed by atoms with Crippen LogP contribution in [0.1, 0.15) is 15.9 Å². The number of pyridine rings is 1. The maximum absolute atomic E-state index is 12.5. The van der Waals surface area contributed by atoms with E-state index in [0.717, 1.165) is 27.5 Å². The predicted molar refractivity (Wildman–Crippen MR) is 89.2 cm³/mol. The van der Waals surface area contributed by atoms with Crippen molar-refractivity contribution in [2.24, 2.45) is 0 Å². The van der Waals surface area contributed by atoms with Crippen LogP contribution < -0.4 is 0 Å². The summed E-state index contributed by atoms with van der Waals surface area (Å²) in [6.07, 6.45) is 1.73. The molecular weight excluding hydrogens is 288 g/mol. The summed E-state index contributed by atoms with van der Waals surface area (Å²) in [6.45, 7) is 0.261. The molecule has 23 heavy (non-hydrogen) atoms. The van der Waals surface area contributed by atoms with Gasteiger partial charge >= 0.3 is 5.97 Å². The van der Waals surface area contributed by atoms with E-state index in [0.29, 0.717) is 5.56 Å². The van der Waals surface area contributed by atoms with E-state index < -0.39 is 0 Å². The molecule has 0 saturated heterocycles. The molecule has 0 bridgehead atoms. The van der Waals surface area contributed by atoms with Crippen molar-refractivity contribution in [2.45, 2.75) is 6.61 Å². The van der Waals surface area contributed by atoms with Gasteiger partial charge in [-0.3, -0.25) is 0 Å². The minimum atomic E-state index is -0.329. The van der Waals surface area contributed by atoms with Crippen molar-refractivity contribution < 1.29 is 9.53 Å². The molecular formula is C19H14N2O2. The first-order chi connectivity index (χ1) is 11.3. The van der Waals surface area contributed by atoms with E-state index in [1.165, 1.54) is 0 Å². The fourth-order valence-electron chi connectivity index (χ4n) is 2.75. The lowest BCUT2D eigenvalue weighted by molar-refractivity contribution is 0.0475. The van der Waals surface area contributed by atoms with Crippen LogP contribution in [-0.4, -0.2) is 15.9 Å². The highest BCUT2D eigenvalue weighted by molar-refractivity contribution is 6.15. The molecule has 4 nitrogen and oxygen atoms in total. The standard InChI is InChI=1S/C19H14N2O2/c22-19(23-12-13-6-2-1-3-7-13)15-8-4-10-16-17(15)14-9-5-11-20-18(14)21-16/h1-11H,12H2,(H,20,21). The number of hydrogen-bond donors (Lipinski definition) is 1. The van der Waals surface area contributed by atoms with Gasteiger partial charge in [0, 0.05) is 22.5 Å². The van der Waals surface area contributed by atoms with Gasteiger partial charge in [-0.1, -0.05) is 36.4 Å². The lowest BCUT2D eigenvalue weighted by atomic mass is 10.1. The SMILES string of the molecule is O=C(OCc1ccccc1)c1cccc2[nH]c3ncccc3c12. The molecule has 0 amide bonds. The van der Waals surface area contributed by atoms with Crippen molar-refractivity contribution in [3.63, 3.8) is 0 Å². The van der Waals surface area contributed by atoms with Crippen LogP contribution in [0.4, 0.5) is 0 Å². The van der Waals surface area contributed by atoms with E-state index in [1.54, 1.807) is 12.3 Å². The molecule has 0 aliphatic carbocycles. The molecule has 2 aromatic heterocycles. The Labute approximate surface area is 132 Å².